The number of nitrogens with zero attached hydrogens (tertiary/aromatic N) is 2. The van der Waals surface area contributed by atoms with E-state index in [0.717, 1.165) is 30.2 Å². The molecule has 2 aliphatic heterocycles. The van der Waals surface area contributed by atoms with E-state index in [1.54, 1.807) is 7.11 Å². The van der Waals surface area contributed by atoms with Crippen molar-refractivity contribution >= 4 is 0 Å². The maximum absolute atomic E-state index is 5.39. The number of fused-ring (bicyclic) bond motifs is 2. The smallest absolute Gasteiger partial charge is 0.119 e. The number of likely N-dealkylation sites (tertiary alicyclic amines) is 2. The third-order valence-electron chi connectivity index (χ3n) is 6.45. The van der Waals surface area contributed by atoms with Crippen LogP contribution in [0.4, 0.5) is 0 Å². The van der Waals surface area contributed by atoms with E-state index in [1.165, 1.54) is 70.3 Å². The highest BCUT2D eigenvalue weighted by Crippen LogP contribution is 2.39. The van der Waals surface area contributed by atoms with Gasteiger partial charge < -0.3 is 4.74 Å². The highest BCUT2D eigenvalue weighted by Gasteiger charge is 2.42. The van der Waals surface area contributed by atoms with Crippen molar-refractivity contribution in [2.75, 3.05) is 33.3 Å². The van der Waals surface area contributed by atoms with E-state index in [2.05, 4.69) is 28.0 Å². The van der Waals surface area contributed by atoms with Gasteiger partial charge in [-0.1, -0.05) is 25.0 Å². The number of rotatable bonds is 4. The highest BCUT2D eigenvalue weighted by molar-refractivity contribution is 5.28. The zero-order valence-corrected chi connectivity index (χ0v) is 15.1. The molecule has 3 fully saturated rings. The van der Waals surface area contributed by atoms with Crippen molar-refractivity contribution in [1.82, 2.24) is 9.80 Å². The van der Waals surface area contributed by atoms with Gasteiger partial charge in [-0.05, 0) is 68.3 Å². The molecule has 2 bridgehead atoms. The molecular weight excluding hydrogens is 296 g/mol. The van der Waals surface area contributed by atoms with Crippen LogP contribution in [0.5, 0.6) is 5.75 Å². The second-order valence-corrected chi connectivity index (χ2v) is 8.08. The monoisotopic (exact) mass is 328 g/mol. The van der Waals surface area contributed by atoms with Gasteiger partial charge in [0.05, 0.1) is 7.11 Å². The van der Waals surface area contributed by atoms with Gasteiger partial charge in [-0.2, -0.15) is 0 Å². The maximum Gasteiger partial charge on any atom is 0.119 e. The van der Waals surface area contributed by atoms with Crippen molar-refractivity contribution in [2.45, 2.75) is 51.1 Å². The van der Waals surface area contributed by atoms with Gasteiger partial charge in [0.1, 0.15) is 5.75 Å². The third kappa shape index (κ3) is 3.48. The molecule has 132 valence electrons. The van der Waals surface area contributed by atoms with Crippen molar-refractivity contribution in [3.63, 3.8) is 0 Å². The highest BCUT2D eigenvalue weighted by atomic mass is 16.5. The van der Waals surface area contributed by atoms with Crippen molar-refractivity contribution in [3.8, 4) is 5.75 Å². The number of hydrogen-bond donors (Lipinski definition) is 0. The molecule has 2 atom stereocenters. The summed E-state index contributed by atoms with van der Waals surface area (Å²) >= 11 is 0. The molecule has 0 aromatic heterocycles. The molecule has 1 aromatic rings. The van der Waals surface area contributed by atoms with E-state index in [4.69, 9.17) is 4.74 Å². The van der Waals surface area contributed by atoms with Gasteiger partial charge in [0.15, 0.2) is 0 Å². The number of piperidine rings is 2. The van der Waals surface area contributed by atoms with Gasteiger partial charge in [0, 0.05) is 25.7 Å². The van der Waals surface area contributed by atoms with Crippen molar-refractivity contribution in [3.05, 3.63) is 29.8 Å². The molecule has 2 heterocycles. The predicted octanol–water partition coefficient (Wildman–Crippen LogP) is 3.78. The first-order chi connectivity index (χ1) is 11.8. The Morgan fingerprint density at radius 2 is 1.75 bits per heavy atom. The number of methoxy groups -OCH3 is 1. The molecule has 0 radical (unpaired) electrons. The van der Waals surface area contributed by atoms with Gasteiger partial charge in [-0.25, -0.2) is 0 Å². The fraction of sp³-hybridized carbons (Fsp3) is 0.714. The summed E-state index contributed by atoms with van der Waals surface area (Å²) in [5.41, 5.74) is 1.39. The minimum atomic E-state index is 0.876. The largest absolute Gasteiger partial charge is 0.497 e. The standard InChI is InChI=1S/C21H32N2O/c1-24-20-10-5-7-17(13-20)14-22-15-18-8-6-9-19(16-22)21(18)23-11-3-2-4-12-23/h5,7,10,13,18-19,21H,2-4,6,8-9,11-12,14-16H2,1H3/t18-,19-/m0/s1. The first-order valence-electron chi connectivity index (χ1n) is 9.93. The number of ether oxygens (including phenoxy) is 1. The molecule has 0 amide bonds. The second-order valence-electron chi connectivity index (χ2n) is 8.08. The molecular formula is C21H32N2O. The van der Waals surface area contributed by atoms with Crippen LogP contribution in [0.25, 0.3) is 0 Å². The Hall–Kier alpha value is -1.06. The van der Waals surface area contributed by atoms with E-state index in [1.807, 2.05) is 6.07 Å². The predicted molar refractivity (Wildman–Crippen MR) is 98.3 cm³/mol. The summed E-state index contributed by atoms with van der Waals surface area (Å²) in [4.78, 5) is 5.57. The lowest BCUT2D eigenvalue weighted by molar-refractivity contribution is -0.0290. The Bertz CT molecular complexity index is 526. The Balaban J connectivity index is 1.43. The molecule has 4 rings (SSSR count). The number of hydrogen-bond acceptors (Lipinski definition) is 3. The summed E-state index contributed by atoms with van der Waals surface area (Å²) in [5, 5.41) is 0. The van der Waals surface area contributed by atoms with Crippen LogP contribution < -0.4 is 4.74 Å². The Kier molecular flexibility index (Phi) is 5.09. The lowest BCUT2D eigenvalue weighted by Crippen LogP contribution is -2.58. The van der Waals surface area contributed by atoms with E-state index < -0.39 is 0 Å². The molecule has 3 nitrogen and oxygen atoms in total. The minimum Gasteiger partial charge on any atom is -0.497 e. The van der Waals surface area contributed by atoms with Crippen LogP contribution in [0, 0.1) is 11.8 Å². The molecule has 0 spiro atoms. The molecule has 1 saturated carbocycles. The van der Waals surface area contributed by atoms with Gasteiger partial charge in [0.2, 0.25) is 0 Å². The van der Waals surface area contributed by atoms with Gasteiger partial charge in [-0.3, -0.25) is 9.80 Å². The molecule has 24 heavy (non-hydrogen) atoms. The zero-order valence-electron chi connectivity index (χ0n) is 15.1. The molecule has 1 aromatic carbocycles. The van der Waals surface area contributed by atoms with Crippen LogP contribution in [0.2, 0.25) is 0 Å². The summed E-state index contributed by atoms with van der Waals surface area (Å²) < 4.78 is 5.39. The van der Waals surface area contributed by atoms with Crippen LogP contribution in [-0.2, 0) is 6.54 Å². The molecule has 0 unspecified atom stereocenters. The molecule has 3 heteroatoms. The summed E-state index contributed by atoms with van der Waals surface area (Å²) in [7, 11) is 1.76. The topological polar surface area (TPSA) is 15.7 Å². The molecule has 3 aliphatic rings. The van der Waals surface area contributed by atoms with Gasteiger partial charge in [0.25, 0.3) is 0 Å². The second kappa shape index (κ2) is 7.45. The van der Waals surface area contributed by atoms with Gasteiger partial charge in [-0.15, -0.1) is 0 Å². The van der Waals surface area contributed by atoms with E-state index in [9.17, 15) is 0 Å². The summed E-state index contributed by atoms with van der Waals surface area (Å²) in [5.74, 6) is 2.76. The summed E-state index contributed by atoms with van der Waals surface area (Å²) in [6.07, 6.45) is 8.61. The Morgan fingerprint density at radius 1 is 1.00 bits per heavy atom. The minimum absolute atomic E-state index is 0.876. The van der Waals surface area contributed by atoms with Crippen LogP contribution in [0.15, 0.2) is 24.3 Å². The van der Waals surface area contributed by atoms with Crippen molar-refractivity contribution in [2.24, 2.45) is 11.8 Å². The first kappa shape index (κ1) is 16.4. The van der Waals surface area contributed by atoms with Crippen molar-refractivity contribution in [1.29, 1.82) is 0 Å². The van der Waals surface area contributed by atoms with E-state index >= 15 is 0 Å². The first-order valence-corrected chi connectivity index (χ1v) is 9.93. The SMILES string of the molecule is COc1cccc(CN2C[C@@H]3CCC[C@@H](C2)C3N2CCCCC2)c1. The van der Waals surface area contributed by atoms with Crippen LogP contribution >= 0.6 is 0 Å². The van der Waals surface area contributed by atoms with Crippen molar-refractivity contribution < 1.29 is 4.74 Å². The lowest BCUT2D eigenvalue weighted by atomic mass is 9.72. The Morgan fingerprint density at radius 3 is 2.46 bits per heavy atom. The molecule has 1 aliphatic carbocycles. The van der Waals surface area contributed by atoms with E-state index in [0.29, 0.717) is 0 Å². The fourth-order valence-electron chi connectivity index (χ4n) is 5.48. The normalized spacial score (nSPS) is 31.8. The quantitative estimate of drug-likeness (QED) is 0.836. The zero-order chi connectivity index (χ0) is 16.4. The average molecular weight is 329 g/mol. The molecule has 0 N–H and O–H groups in total. The van der Waals surface area contributed by atoms with Crippen LogP contribution in [-0.4, -0.2) is 49.1 Å². The van der Waals surface area contributed by atoms with E-state index in [-0.39, 0.29) is 0 Å². The summed E-state index contributed by atoms with van der Waals surface area (Å²) in [6, 6.07) is 9.48. The lowest BCUT2D eigenvalue weighted by Gasteiger charge is -2.52. The maximum atomic E-state index is 5.39. The third-order valence-corrected chi connectivity index (χ3v) is 6.45. The summed E-state index contributed by atoms with van der Waals surface area (Å²) in [6.45, 7) is 6.36. The Labute approximate surface area is 147 Å². The van der Waals surface area contributed by atoms with Gasteiger partial charge >= 0.3 is 0 Å². The molecule has 2 saturated heterocycles. The average Bonchev–Trinajstić information content (AvgIpc) is 2.62. The number of benzene rings is 1. The van der Waals surface area contributed by atoms with Crippen LogP contribution in [0.1, 0.15) is 44.1 Å². The fourth-order valence-corrected chi connectivity index (χ4v) is 5.48. The van der Waals surface area contributed by atoms with Crippen LogP contribution in [0.3, 0.4) is 0 Å².